The summed E-state index contributed by atoms with van der Waals surface area (Å²) in [5.74, 6) is 2.85. The highest BCUT2D eigenvalue weighted by molar-refractivity contribution is 5.38. The summed E-state index contributed by atoms with van der Waals surface area (Å²) in [7, 11) is 1.85. The molecule has 1 aliphatic rings. The maximum atomic E-state index is 5.60. The first-order valence-electron chi connectivity index (χ1n) is 6.50. The van der Waals surface area contributed by atoms with Gasteiger partial charge in [0.25, 0.3) is 0 Å². The molecule has 0 aliphatic heterocycles. The molecule has 1 fully saturated rings. The third-order valence-corrected chi connectivity index (χ3v) is 2.70. The van der Waals surface area contributed by atoms with Crippen LogP contribution < -0.4 is 10.1 Å². The van der Waals surface area contributed by atoms with Crippen LogP contribution in [-0.2, 0) is 4.74 Å². The summed E-state index contributed by atoms with van der Waals surface area (Å²) in [5, 5.41) is 3.04. The van der Waals surface area contributed by atoms with Gasteiger partial charge in [-0.05, 0) is 26.7 Å². The smallest absolute Gasteiger partial charge is 0.218 e. The molecule has 1 saturated carbocycles. The summed E-state index contributed by atoms with van der Waals surface area (Å²) in [6, 6.07) is 1.82. The van der Waals surface area contributed by atoms with E-state index >= 15 is 0 Å². The van der Waals surface area contributed by atoms with Crippen molar-refractivity contribution in [2.24, 2.45) is 0 Å². The van der Waals surface area contributed by atoms with E-state index in [1.165, 1.54) is 12.8 Å². The van der Waals surface area contributed by atoms with Gasteiger partial charge in [0.2, 0.25) is 5.88 Å². The SMILES string of the molecule is CNc1cc(OCCOC(C)C)nc(C2CC2)n1. The Hall–Kier alpha value is -1.36. The minimum absolute atomic E-state index is 0.230. The lowest BCUT2D eigenvalue weighted by Crippen LogP contribution is -2.12. The maximum absolute atomic E-state index is 5.60. The van der Waals surface area contributed by atoms with Crippen molar-refractivity contribution in [3.8, 4) is 5.88 Å². The van der Waals surface area contributed by atoms with Gasteiger partial charge in [-0.1, -0.05) is 0 Å². The monoisotopic (exact) mass is 251 g/mol. The standard InChI is InChI=1S/C13H21N3O2/c1-9(2)17-6-7-18-12-8-11(14-3)15-13(16-12)10-4-5-10/h8-10H,4-7H2,1-3H3,(H,14,15,16). The number of rotatable bonds is 7. The molecule has 1 heterocycles. The first-order valence-corrected chi connectivity index (χ1v) is 6.50. The fraction of sp³-hybridized carbons (Fsp3) is 0.692. The second kappa shape index (κ2) is 6.00. The number of hydrogen-bond acceptors (Lipinski definition) is 5. The van der Waals surface area contributed by atoms with Crippen molar-refractivity contribution in [2.45, 2.75) is 38.7 Å². The Morgan fingerprint density at radius 2 is 2.11 bits per heavy atom. The summed E-state index contributed by atoms with van der Waals surface area (Å²) >= 11 is 0. The van der Waals surface area contributed by atoms with E-state index in [0.717, 1.165) is 11.6 Å². The van der Waals surface area contributed by atoms with Crippen LogP contribution in [0.3, 0.4) is 0 Å². The Morgan fingerprint density at radius 1 is 1.33 bits per heavy atom. The average Bonchev–Trinajstić information content (AvgIpc) is 3.18. The first-order chi connectivity index (χ1) is 8.69. The van der Waals surface area contributed by atoms with Crippen LogP contribution in [0.2, 0.25) is 0 Å². The predicted molar refractivity (Wildman–Crippen MR) is 70.1 cm³/mol. The van der Waals surface area contributed by atoms with Crippen molar-refractivity contribution in [2.75, 3.05) is 25.6 Å². The van der Waals surface area contributed by atoms with Gasteiger partial charge in [-0.15, -0.1) is 0 Å². The predicted octanol–water partition coefficient (Wildman–Crippen LogP) is 2.20. The van der Waals surface area contributed by atoms with Gasteiger partial charge in [-0.3, -0.25) is 0 Å². The Labute approximate surface area is 108 Å². The summed E-state index contributed by atoms with van der Waals surface area (Å²) in [5.41, 5.74) is 0. The Morgan fingerprint density at radius 3 is 2.72 bits per heavy atom. The van der Waals surface area contributed by atoms with Crippen molar-refractivity contribution in [3.05, 3.63) is 11.9 Å². The van der Waals surface area contributed by atoms with Gasteiger partial charge >= 0.3 is 0 Å². The highest BCUT2D eigenvalue weighted by Crippen LogP contribution is 2.39. The number of nitrogens with one attached hydrogen (secondary N) is 1. The summed E-state index contributed by atoms with van der Waals surface area (Å²) in [6.07, 6.45) is 2.60. The maximum Gasteiger partial charge on any atom is 0.218 e. The molecule has 0 atom stereocenters. The molecule has 1 N–H and O–H groups in total. The van der Waals surface area contributed by atoms with Crippen LogP contribution in [0.25, 0.3) is 0 Å². The Bertz CT molecular complexity index is 392. The zero-order valence-electron chi connectivity index (χ0n) is 11.3. The number of nitrogens with zero attached hydrogens (tertiary/aromatic N) is 2. The lowest BCUT2D eigenvalue weighted by atomic mass is 10.4. The lowest BCUT2D eigenvalue weighted by molar-refractivity contribution is 0.0542. The first kappa shape index (κ1) is 13.1. The van der Waals surface area contributed by atoms with Crippen LogP contribution in [0.15, 0.2) is 6.07 Å². The molecular weight excluding hydrogens is 230 g/mol. The van der Waals surface area contributed by atoms with Crippen LogP contribution >= 0.6 is 0 Å². The Kier molecular flexibility index (Phi) is 4.36. The van der Waals surface area contributed by atoms with Crippen molar-refractivity contribution in [3.63, 3.8) is 0 Å². The highest BCUT2D eigenvalue weighted by Gasteiger charge is 2.27. The molecule has 0 radical (unpaired) electrons. The van der Waals surface area contributed by atoms with E-state index in [9.17, 15) is 0 Å². The van der Waals surface area contributed by atoms with Crippen molar-refractivity contribution >= 4 is 5.82 Å². The van der Waals surface area contributed by atoms with Crippen molar-refractivity contribution in [1.82, 2.24) is 9.97 Å². The third kappa shape index (κ3) is 3.84. The number of aromatic nitrogens is 2. The number of anilines is 1. The van der Waals surface area contributed by atoms with Gasteiger partial charge in [0.05, 0.1) is 12.7 Å². The van der Waals surface area contributed by atoms with Gasteiger partial charge in [0.1, 0.15) is 18.2 Å². The van der Waals surface area contributed by atoms with E-state index in [1.807, 2.05) is 27.0 Å². The van der Waals surface area contributed by atoms with E-state index < -0.39 is 0 Å². The number of ether oxygens (including phenoxy) is 2. The van der Waals surface area contributed by atoms with Gasteiger partial charge in [-0.25, -0.2) is 4.98 Å². The average molecular weight is 251 g/mol. The minimum atomic E-state index is 0.230. The van der Waals surface area contributed by atoms with Crippen LogP contribution in [-0.4, -0.2) is 36.3 Å². The van der Waals surface area contributed by atoms with E-state index in [-0.39, 0.29) is 6.10 Å². The van der Waals surface area contributed by atoms with E-state index in [2.05, 4.69) is 15.3 Å². The van der Waals surface area contributed by atoms with Crippen LogP contribution in [0.5, 0.6) is 5.88 Å². The molecule has 0 amide bonds. The summed E-state index contributed by atoms with van der Waals surface area (Å²) in [6.45, 7) is 5.11. The summed E-state index contributed by atoms with van der Waals surface area (Å²) < 4.78 is 11.0. The third-order valence-electron chi connectivity index (χ3n) is 2.70. The minimum Gasteiger partial charge on any atom is -0.475 e. The van der Waals surface area contributed by atoms with Gasteiger partial charge in [0.15, 0.2) is 0 Å². The zero-order chi connectivity index (χ0) is 13.0. The van der Waals surface area contributed by atoms with Crippen LogP contribution in [0, 0.1) is 0 Å². The lowest BCUT2D eigenvalue weighted by Gasteiger charge is -2.10. The molecule has 1 aromatic heterocycles. The van der Waals surface area contributed by atoms with Crippen LogP contribution in [0.1, 0.15) is 38.4 Å². The van der Waals surface area contributed by atoms with Gasteiger partial charge in [-0.2, -0.15) is 4.98 Å². The molecule has 1 aromatic rings. The van der Waals surface area contributed by atoms with E-state index in [1.54, 1.807) is 0 Å². The molecular formula is C13H21N3O2. The molecule has 0 spiro atoms. The molecule has 0 aromatic carbocycles. The van der Waals surface area contributed by atoms with Gasteiger partial charge < -0.3 is 14.8 Å². The van der Waals surface area contributed by atoms with E-state index in [0.29, 0.717) is 25.0 Å². The van der Waals surface area contributed by atoms with Crippen LogP contribution in [0.4, 0.5) is 5.82 Å². The molecule has 100 valence electrons. The fourth-order valence-electron chi connectivity index (χ4n) is 1.60. The topological polar surface area (TPSA) is 56.3 Å². The second-order valence-electron chi connectivity index (χ2n) is 4.74. The quantitative estimate of drug-likeness (QED) is 0.753. The molecule has 5 nitrogen and oxygen atoms in total. The fourth-order valence-corrected chi connectivity index (χ4v) is 1.60. The summed E-state index contributed by atoms with van der Waals surface area (Å²) in [4.78, 5) is 8.87. The zero-order valence-corrected chi connectivity index (χ0v) is 11.3. The molecule has 18 heavy (non-hydrogen) atoms. The number of hydrogen-bond donors (Lipinski definition) is 1. The Balaban J connectivity index is 1.92. The normalized spacial score (nSPS) is 14.9. The highest BCUT2D eigenvalue weighted by atomic mass is 16.5. The molecule has 0 saturated heterocycles. The molecule has 1 aliphatic carbocycles. The van der Waals surface area contributed by atoms with E-state index in [4.69, 9.17) is 9.47 Å². The molecule has 0 unspecified atom stereocenters. The molecule has 0 bridgehead atoms. The molecule has 5 heteroatoms. The second-order valence-corrected chi connectivity index (χ2v) is 4.74. The van der Waals surface area contributed by atoms with Gasteiger partial charge in [0, 0.05) is 19.0 Å². The largest absolute Gasteiger partial charge is 0.475 e. The van der Waals surface area contributed by atoms with Crippen molar-refractivity contribution in [1.29, 1.82) is 0 Å². The molecule has 2 rings (SSSR count). The van der Waals surface area contributed by atoms with Crippen molar-refractivity contribution < 1.29 is 9.47 Å².